The molecule has 0 saturated carbocycles. The summed E-state index contributed by atoms with van der Waals surface area (Å²) in [6.45, 7) is 4.24. The number of hydrogen-bond donors (Lipinski definition) is 4. The van der Waals surface area contributed by atoms with Crippen molar-refractivity contribution in [2.24, 2.45) is 5.92 Å². The summed E-state index contributed by atoms with van der Waals surface area (Å²) in [5, 5.41) is 26.1. The lowest BCUT2D eigenvalue weighted by atomic mass is 9.96. The quantitative estimate of drug-likeness (QED) is 0.0882. The summed E-state index contributed by atoms with van der Waals surface area (Å²) in [7, 11) is 4.84. The van der Waals surface area contributed by atoms with Crippen molar-refractivity contribution in [3.8, 4) is 0 Å². The van der Waals surface area contributed by atoms with Crippen molar-refractivity contribution < 1.29 is 47.7 Å². The lowest BCUT2D eigenvalue weighted by Gasteiger charge is -2.43. The van der Waals surface area contributed by atoms with Crippen LogP contribution in [0.5, 0.6) is 0 Å². The Morgan fingerprint density at radius 1 is 1.18 bits per heavy atom. The lowest BCUT2D eigenvalue weighted by molar-refractivity contribution is -0.273. The molecule has 1 heterocycles. The van der Waals surface area contributed by atoms with Gasteiger partial charge >= 0.3 is 7.15 Å². The van der Waals surface area contributed by atoms with Crippen LogP contribution in [-0.2, 0) is 49.3 Å². The molecule has 228 valence electrons. The summed E-state index contributed by atoms with van der Waals surface area (Å²) in [6, 6.07) is -0.841. The largest absolute Gasteiger partial charge is 0.521 e. The highest BCUT2D eigenvalue weighted by Gasteiger charge is 2.46. The molecule has 1 aliphatic rings. The summed E-state index contributed by atoms with van der Waals surface area (Å²) < 4.78 is 38.7. The topological polar surface area (TPSA) is 146 Å². The van der Waals surface area contributed by atoms with Crippen molar-refractivity contribution in [2.45, 2.75) is 82.3 Å². The molecule has 1 fully saturated rings. The summed E-state index contributed by atoms with van der Waals surface area (Å²) in [6.07, 6.45) is -1.21. The second-order valence-corrected chi connectivity index (χ2v) is 11.9. The van der Waals surface area contributed by atoms with Crippen LogP contribution in [0.3, 0.4) is 0 Å². The third-order valence-electron chi connectivity index (χ3n) is 6.27. The molecular formula is C24H46N2O10PS2+. The molecule has 39 heavy (non-hydrogen) atoms. The molecular weight excluding hydrogens is 571 g/mol. The predicted molar refractivity (Wildman–Crippen MR) is 153 cm³/mol. The minimum absolute atomic E-state index is 0.110. The maximum Gasteiger partial charge on any atom is 0.521 e. The van der Waals surface area contributed by atoms with Gasteiger partial charge in [0.15, 0.2) is 6.29 Å². The van der Waals surface area contributed by atoms with E-state index in [1.54, 1.807) is 14.2 Å². The van der Waals surface area contributed by atoms with Crippen molar-refractivity contribution in [3.05, 3.63) is 0 Å². The number of nitrogens with one attached hydrogen (secondary N) is 2. The van der Waals surface area contributed by atoms with E-state index in [9.17, 15) is 15.0 Å². The number of hydrogen-bond acceptors (Lipinski definition) is 12. The molecule has 0 radical (unpaired) electrons. The zero-order valence-corrected chi connectivity index (χ0v) is 26.2. The number of aliphatic hydroxyl groups is 2. The average Bonchev–Trinajstić information content (AvgIpc) is 2.89. The first-order valence-corrected chi connectivity index (χ1v) is 15.5. The van der Waals surface area contributed by atoms with Crippen molar-refractivity contribution in [3.63, 3.8) is 0 Å². The van der Waals surface area contributed by atoms with E-state index >= 15 is 0 Å². The Morgan fingerprint density at radius 3 is 2.46 bits per heavy atom. The molecule has 12 nitrogen and oxygen atoms in total. The molecule has 1 rings (SSSR count). The number of rotatable bonds is 20. The fourth-order valence-electron chi connectivity index (χ4n) is 4.37. The highest BCUT2D eigenvalue weighted by atomic mass is 32.4. The van der Waals surface area contributed by atoms with Crippen LogP contribution in [-0.4, -0.2) is 119 Å². The molecule has 9 atom stereocenters. The van der Waals surface area contributed by atoms with Gasteiger partial charge in [0.1, 0.15) is 37.1 Å². The maximum absolute atomic E-state index is 11.7. The van der Waals surface area contributed by atoms with Crippen LogP contribution in [0, 0.1) is 5.92 Å². The summed E-state index contributed by atoms with van der Waals surface area (Å²) in [4.78, 5) is 12.4. The van der Waals surface area contributed by atoms with Crippen LogP contribution in [0.25, 0.3) is 0 Å². The van der Waals surface area contributed by atoms with Gasteiger partial charge in [-0.1, -0.05) is 19.1 Å². The molecule has 0 spiro atoms. The molecule has 0 aromatic heterocycles. The predicted octanol–water partition coefficient (Wildman–Crippen LogP) is 1.18. The first kappa shape index (κ1) is 36.5. The third-order valence-corrected chi connectivity index (χ3v) is 8.02. The molecule has 0 aromatic rings. The van der Waals surface area contributed by atoms with Gasteiger partial charge in [-0.25, -0.2) is 0 Å². The van der Waals surface area contributed by atoms with E-state index in [1.807, 2.05) is 0 Å². The Labute approximate surface area is 243 Å². The fourth-order valence-corrected chi connectivity index (χ4v) is 5.22. The normalized spacial score (nSPS) is 25.9. The number of unbranched alkanes of at least 4 members (excludes halogenated alkanes) is 1. The fraction of sp³-hybridized carbons (Fsp3) is 0.917. The van der Waals surface area contributed by atoms with E-state index in [-0.39, 0.29) is 30.6 Å². The minimum atomic E-state index is -1.39. The molecule has 0 aromatic carbocycles. The van der Waals surface area contributed by atoms with E-state index in [0.29, 0.717) is 31.0 Å². The van der Waals surface area contributed by atoms with Crippen LogP contribution >= 0.6 is 19.4 Å². The van der Waals surface area contributed by atoms with Gasteiger partial charge in [-0.2, -0.15) is 0 Å². The second kappa shape index (κ2) is 20.4. The van der Waals surface area contributed by atoms with Crippen LogP contribution in [0.15, 0.2) is 0 Å². The SMILES string of the molecule is COC[C@H](C)CC(NC(=S)CCCCO[C@@H]1O[C@H](CO)[C@H](O)[C@H](OC)[C@H]1NC(C)=O)[C@H](CO[P+](=S)OC)OC. The molecule has 1 amide bonds. The first-order chi connectivity index (χ1) is 18.6. The highest BCUT2D eigenvalue weighted by Crippen LogP contribution is 2.25. The number of aliphatic hydroxyl groups excluding tert-OH is 2. The van der Waals surface area contributed by atoms with Crippen LogP contribution in [0.4, 0.5) is 0 Å². The molecule has 15 heteroatoms. The number of carbonyl (C=O) groups is 1. The summed E-state index contributed by atoms with van der Waals surface area (Å²) in [5.74, 6) is -0.0518. The van der Waals surface area contributed by atoms with E-state index in [1.165, 1.54) is 21.1 Å². The standard InChI is InChI=1S/C24H45N2O10PS2/c1-15(13-30-3)11-17(19(31-4)14-35-37(39)33-6)26-20(38)9-7-8-10-34-24-21(25-16(2)28)23(32-5)22(29)18(12-27)36-24/h15,17-19,21-24,27,29H,7-14H2,1-6H3,(H-,25,26,28,38)/p+1/t15-,17?,18-,19+,21-,22+,23-,24-/m1/s1. The second-order valence-electron chi connectivity index (χ2n) is 9.42. The lowest BCUT2D eigenvalue weighted by Crippen LogP contribution is -2.65. The Balaban J connectivity index is 2.65. The van der Waals surface area contributed by atoms with Gasteiger partial charge in [0.05, 0.1) is 24.7 Å². The molecule has 1 saturated heterocycles. The van der Waals surface area contributed by atoms with Gasteiger partial charge in [-0.3, -0.25) is 4.79 Å². The molecule has 0 bridgehead atoms. The molecule has 1 aliphatic heterocycles. The van der Waals surface area contributed by atoms with Crippen LogP contribution < -0.4 is 10.6 Å². The van der Waals surface area contributed by atoms with Gasteiger partial charge in [0.2, 0.25) is 17.7 Å². The Bertz CT molecular complexity index is 741. The van der Waals surface area contributed by atoms with E-state index in [4.69, 9.17) is 56.8 Å². The summed E-state index contributed by atoms with van der Waals surface area (Å²) >= 11 is 10.7. The summed E-state index contributed by atoms with van der Waals surface area (Å²) in [5.41, 5.74) is 0. The van der Waals surface area contributed by atoms with Crippen molar-refractivity contribution in [1.29, 1.82) is 0 Å². The monoisotopic (exact) mass is 617 g/mol. The van der Waals surface area contributed by atoms with Crippen molar-refractivity contribution >= 4 is 42.1 Å². The Morgan fingerprint density at radius 2 is 1.90 bits per heavy atom. The molecule has 0 aliphatic carbocycles. The smallest absolute Gasteiger partial charge is 0.394 e. The first-order valence-electron chi connectivity index (χ1n) is 12.9. The molecule has 4 N–H and O–H groups in total. The van der Waals surface area contributed by atoms with Crippen LogP contribution in [0.2, 0.25) is 0 Å². The zero-order valence-electron chi connectivity index (χ0n) is 23.7. The van der Waals surface area contributed by atoms with Crippen molar-refractivity contribution in [2.75, 3.05) is 54.9 Å². The van der Waals surface area contributed by atoms with Gasteiger partial charge in [-0.15, -0.1) is 9.05 Å². The van der Waals surface area contributed by atoms with E-state index in [2.05, 4.69) is 17.6 Å². The number of carbonyl (C=O) groups excluding carboxylic acids is 1. The molecule has 2 unspecified atom stereocenters. The number of amides is 1. The van der Waals surface area contributed by atoms with Gasteiger partial charge in [0.25, 0.3) is 0 Å². The number of ether oxygens (including phenoxy) is 5. The number of thiocarbonyl (C=S) groups is 1. The Kier molecular flexibility index (Phi) is 19.1. The highest BCUT2D eigenvalue weighted by molar-refractivity contribution is 8.00. The van der Waals surface area contributed by atoms with Crippen LogP contribution in [0.1, 0.15) is 39.5 Å². The maximum atomic E-state index is 11.7. The van der Waals surface area contributed by atoms with Gasteiger partial charge < -0.3 is 44.5 Å². The van der Waals surface area contributed by atoms with Crippen molar-refractivity contribution in [1.82, 2.24) is 10.6 Å². The minimum Gasteiger partial charge on any atom is -0.394 e. The third kappa shape index (κ3) is 13.4. The van der Waals surface area contributed by atoms with Gasteiger partial charge in [0, 0.05) is 41.5 Å². The average molecular weight is 618 g/mol. The van der Waals surface area contributed by atoms with E-state index < -0.39 is 44.4 Å². The van der Waals surface area contributed by atoms with Gasteiger partial charge in [-0.05, 0) is 31.6 Å². The number of methoxy groups -OCH3 is 3. The Hall–Kier alpha value is -0.480. The zero-order chi connectivity index (χ0) is 29.4. The van der Waals surface area contributed by atoms with E-state index in [0.717, 1.165) is 12.8 Å².